The van der Waals surface area contributed by atoms with E-state index in [9.17, 15) is 9.18 Å². The zero-order valence-electron chi connectivity index (χ0n) is 13.7. The van der Waals surface area contributed by atoms with Gasteiger partial charge in [-0.25, -0.2) is 9.67 Å². The first-order valence-corrected chi connectivity index (χ1v) is 7.91. The average molecular weight is 338 g/mol. The number of halogens is 1. The molecule has 3 heterocycles. The molecule has 2 aromatic heterocycles. The second-order valence-electron chi connectivity index (χ2n) is 6.04. The summed E-state index contributed by atoms with van der Waals surface area (Å²) in [6.07, 6.45) is 1.38. The molecule has 0 saturated carbocycles. The van der Waals surface area contributed by atoms with E-state index in [4.69, 9.17) is 4.74 Å². The lowest BCUT2D eigenvalue weighted by atomic mass is 9.95. The van der Waals surface area contributed by atoms with Crippen molar-refractivity contribution in [1.82, 2.24) is 20.0 Å². The molecule has 0 bridgehead atoms. The summed E-state index contributed by atoms with van der Waals surface area (Å²) in [6.45, 7) is 4.01. The van der Waals surface area contributed by atoms with Crippen LogP contribution in [0.1, 0.15) is 23.0 Å². The number of carbonyl (C=O) groups excluding carboxylic acids is 1. The Hall–Kier alpha value is -3.09. The minimum absolute atomic E-state index is 0.0746. The minimum Gasteiger partial charge on any atom is -0.492 e. The number of rotatable bonds is 2. The normalized spacial score (nSPS) is 16.4. The number of aromatic nitrogens is 4. The molecule has 0 N–H and O–H groups in total. The lowest BCUT2D eigenvalue weighted by molar-refractivity contribution is 0.0849. The number of hydrogen-bond donors (Lipinski definition) is 0. The molecular weight excluding hydrogens is 323 g/mol. The van der Waals surface area contributed by atoms with E-state index in [0.717, 1.165) is 5.56 Å². The maximum Gasteiger partial charge on any atom is 0.238 e. The topological polar surface area (TPSA) is 69.9 Å². The average Bonchev–Trinajstić information content (AvgIpc) is 3.00. The fourth-order valence-corrected chi connectivity index (χ4v) is 2.91. The highest BCUT2D eigenvalue weighted by Gasteiger charge is 2.26. The molecular formula is C18H15FN4O2. The van der Waals surface area contributed by atoms with Crippen LogP contribution in [-0.2, 0) is 0 Å². The second-order valence-corrected chi connectivity index (χ2v) is 6.04. The maximum atomic E-state index is 13.9. The molecule has 1 atom stereocenters. The molecule has 7 heteroatoms. The van der Waals surface area contributed by atoms with E-state index < -0.39 is 5.95 Å². The number of ether oxygens (including phenoxy) is 1. The summed E-state index contributed by atoms with van der Waals surface area (Å²) < 4.78 is 21.0. The molecule has 1 aromatic carbocycles. The quantitative estimate of drug-likeness (QED) is 0.672. The van der Waals surface area contributed by atoms with Crippen LogP contribution < -0.4 is 4.74 Å². The van der Waals surface area contributed by atoms with E-state index in [-0.39, 0.29) is 17.4 Å². The van der Waals surface area contributed by atoms with Crippen molar-refractivity contribution in [3.8, 4) is 22.7 Å². The number of carbonyl (C=O) groups is 1. The Kier molecular flexibility index (Phi) is 3.56. The Morgan fingerprint density at radius 2 is 2.16 bits per heavy atom. The van der Waals surface area contributed by atoms with E-state index in [1.54, 1.807) is 37.3 Å². The Morgan fingerprint density at radius 3 is 2.96 bits per heavy atom. The molecule has 1 aliphatic heterocycles. The molecule has 0 unspecified atom stereocenters. The summed E-state index contributed by atoms with van der Waals surface area (Å²) in [5.41, 5.74) is 2.83. The molecule has 0 amide bonds. The van der Waals surface area contributed by atoms with Crippen molar-refractivity contribution in [1.29, 1.82) is 0 Å². The van der Waals surface area contributed by atoms with Gasteiger partial charge in [0.05, 0.1) is 23.8 Å². The van der Waals surface area contributed by atoms with Gasteiger partial charge in [-0.05, 0) is 31.2 Å². The van der Waals surface area contributed by atoms with Gasteiger partial charge in [-0.3, -0.25) is 4.79 Å². The lowest BCUT2D eigenvalue weighted by Crippen LogP contribution is -2.25. The van der Waals surface area contributed by atoms with Gasteiger partial charge in [-0.1, -0.05) is 18.2 Å². The molecule has 126 valence electrons. The van der Waals surface area contributed by atoms with Crippen LogP contribution in [0, 0.1) is 18.8 Å². The van der Waals surface area contributed by atoms with Crippen LogP contribution in [0.3, 0.4) is 0 Å². The fourth-order valence-electron chi connectivity index (χ4n) is 2.91. The maximum absolute atomic E-state index is 13.9. The van der Waals surface area contributed by atoms with Crippen LogP contribution in [-0.4, -0.2) is 32.4 Å². The third kappa shape index (κ3) is 2.48. The largest absolute Gasteiger partial charge is 0.492 e. The van der Waals surface area contributed by atoms with E-state index >= 15 is 0 Å². The summed E-state index contributed by atoms with van der Waals surface area (Å²) in [7, 11) is 0. The van der Waals surface area contributed by atoms with E-state index in [2.05, 4.69) is 15.3 Å². The summed E-state index contributed by atoms with van der Waals surface area (Å²) in [4.78, 5) is 15.8. The molecule has 1 aliphatic rings. The molecule has 4 rings (SSSR count). The first-order chi connectivity index (χ1) is 12.1. The van der Waals surface area contributed by atoms with Gasteiger partial charge < -0.3 is 4.74 Å². The van der Waals surface area contributed by atoms with Gasteiger partial charge in [0.25, 0.3) is 0 Å². The molecule has 6 nitrogen and oxygen atoms in total. The van der Waals surface area contributed by atoms with Crippen LogP contribution in [0.4, 0.5) is 4.39 Å². The summed E-state index contributed by atoms with van der Waals surface area (Å²) in [5.74, 6) is -0.141. The first kappa shape index (κ1) is 15.4. The van der Waals surface area contributed by atoms with Gasteiger partial charge >= 0.3 is 0 Å². The SMILES string of the molecule is Cc1c(-c2ccc3c(c2)OC[C@@H](C)C3=O)nnn1-c1cccnc1F. The number of pyridine rings is 1. The summed E-state index contributed by atoms with van der Waals surface area (Å²) in [5, 5.41) is 8.21. The van der Waals surface area contributed by atoms with Crippen molar-refractivity contribution in [2.75, 3.05) is 6.61 Å². The van der Waals surface area contributed by atoms with Gasteiger partial charge in [0.15, 0.2) is 5.78 Å². The summed E-state index contributed by atoms with van der Waals surface area (Å²) >= 11 is 0. The first-order valence-electron chi connectivity index (χ1n) is 7.91. The molecule has 0 spiro atoms. The predicted molar refractivity (Wildman–Crippen MR) is 88.3 cm³/mol. The number of nitrogens with zero attached hydrogens (tertiary/aromatic N) is 4. The fraction of sp³-hybridized carbons (Fsp3) is 0.222. The van der Waals surface area contributed by atoms with Gasteiger partial charge in [-0.15, -0.1) is 5.10 Å². The van der Waals surface area contributed by atoms with Crippen molar-refractivity contribution in [2.45, 2.75) is 13.8 Å². The number of benzene rings is 1. The standard InChI is InChI=1S/C18H15FN4O2/c1-10-9-25-15-8-12(5-6-13(15)17(10)24)16-11(2)23(22-21-16)14-4-3-7-20-18(14)19/h3-8,10H,9H2,1-2H3/t10-/m1/s1. The van der Waals surface area contributed by atoms with E-state index in [0.29, 0.717) is 29.3 Å². The van der Waals surface area contributed by atoms with Crippen LogP contribution in [0.5, 0.6) is 5.75 Å². The smallest absolute Gasteiger partial charge is 0.238 e. The number of hydrogen-bond acceptors (Lipinski definition) is 5. The number of fused-ring (bicyclic) bond motifs is 1. The molecule has 0 radical (unpaired) electrons. The van der Waals surface area contributed by atoms with Crippen molar-refractivity contribution in [2.24, 2.45) is 5.92 Å². The van der Waals surface area contributed by atoms with Gasteiger partial charge in [-0.2, -0.15) is 4.39 Å². The van der Waals surface area contributed by atoms with Crippen molar-refractivity contribution >= 4 is 5.78 Å². The predicted octanol–water partition coefficient (Wildman–Crippen LogP) is 2.99. The van der Waals surface area contributed by atoms with Gasteiger partial charge in [0.1, 0.15) is 17.1 Å². The van der Waals surface area contributed by atoms with Crippen LogP contribution in [0.25, 0.3) is 16.9 Å². The monoisotopic (exact) mass is 338 g/mol. The Bertz CT molecular complexity index is 983. The van der Waals surface area contributed by atoms with Crippen LogP contribution in [0.15, 0.2) is 36.5 Å². The number of ketones is 1. The van der Waals surface area contributed by atoms with Gasteiger partial charge in [0.2, 0.25) is 5.95 Å². The van der Waals surface area contributed by atoms with Crippen LogP contribution >= 0.6 is 0 Å². The molecule has 0 saturated heterocycles. The highest BCUT2D eigenvalue weighted by atomic mass is 19.1. The molecule has 3 aromatic rings. The summed E-state index contributed by atoms with van der Waals surface area (Å²) in [6, 6.07) is 8.55. The van der Waals surface area contributed by atoms with Crippen molar-refractivity contribution in [3.63, 3.8) is 0 Å². The molecule has 0 fully saturated rings. The zero-order valence-corrected chi connectivity index (χ0v) is 13.7. The Morgan fingerprint density at radius 1 is 1.32 bits per heavy atom. The highest BCUT2D eigenvalue weighted by Crippen LogP contribution is 2.32. The zero-order chi connectivity index (χ0) is 17.6. The molecule has 25 heavy (non-hydrogen) atoms. The van der Waals surface area contributed by atoms with Crippen molar-refractivity contribution < 1.29 is 13.9 Å². The molecule has 0 aliphatic carbocycles. The van der Waals surface area contributed by atoms with E-state index in [1.807, 2.05) is 6.92 Å². The van der Waals surface area contributed by atoms with Gasteiger partial charge in [0, 0.05) is 11.8 Å². The van der Waals surface area contributed by atoms with Crippen LogP contribution in [0.2, 0.25) is 0 Å². The van der Waals surface area contributed by atoms with E-state index in [1.165, 1.54) is 10.9 Å². The third-order valence-electron chi connectivity index (χ3n) is 4.32. The second kappa shape index (κ2) is 5.77. The third-order valence-corrected chi connectivity index (χ3v) is 4.32. The Balaban J connectivity index is 1.77. The number of Topliss-reactive ketones (excluding diaryl/α,β-unsaturated/α-hetero) is 1. The minimum atomic E-state index is -0.615. The lowest BCUT2D eigenvalue weighted by Gasteiger charge is -2.21. The van der Waals surface area contributed by atoms with Crippen molar-refractivity contribution in [3.05, 3.63) is 53.7 Å². The highest BCUT2D eigenvalue weighted by molar-refractivity contribution is 6.01. The Labute approximate surface area is 143 Å².